The number of benzene rings is 1. The van der Waals surface area contributed by atoms with Crippen LogP contribution in [0.15, 0.2) is 16.9 Å². The molecule has 6 nitrogen and oxygen atoms in total. The van der Waals surface area contributed by atoms with Gasteiger partial charge in [-0.25, -0.2) is 4.79 Å². The highest BCUT2D eigenvalue weighted by Crippen LogP contribution is 2.30. The molecular weight excluding hydrogens is 250 g/mol. The molecule has 0 atom stereocenters. The number of pyridine rings is 1. The molecule has 0 spiro atoms. The summed E-state index contributed by atoms with van der Waals surface area (Å²) in [6.45, 7) is 1.46. The maximum absolute atomic E-state index is 12.3. The molecule has 0 bridgehead atoms. The number of aromatic nitrogens is 1. The van der Waals surface area contributed by atoms with Gasteiger partial charge in [-0.15, -0.1) is 0 Å². The van der Waals surface area contributed by atoms with E-state index in [1.54, 1.807) is 12.1 Å². The molecule has 0 aliphatic heterocycles. The minimum Gasteiger partial charge on any atom is -0.496 e. The minimum absolute atomic E-state index is 0.131. The van der Waals surface area contributed by atoms with Crippen LogP contribution in [-0.4, -0.2) is 30.3 Å². The summed E-state index contributed by atoms with van der Waals surface area (Å²) < 4.78 is 10.3. The number of aromatic amines is 1. The van der Waals surface area contributed by atoms with Crippen LogP contribution in [0.5, 0.6) is 11.5 Å². The maximum Gasteiger partial charge on any atom is 0.352 e. The highest BCUT2D eigenvalue weighted by molar-refractivity contribution is 5.96. The van der Waals surface area contributed by atoms with Crippen molar-refractivity contribution in [2.45, 2.75) is 6.92 Å². The summed E-state index contributed by atoms with van der Waals surface area (Å²) in [5, 5.41) is 9.38. The molecule has 2 rings (SSSR count). The molecule has 1 aromatic carbocycles. The lowest BCUT2D eigenvalue weighted by atomic mass is 10.1. The van der Waals surface area contributed by atoms with Gasteiger partial charge in [-0.05, 0) is 19.1 Å². The van der Waals surface area contributed by atoms with Crippen LogP contribution in [0.3, 0.4) is 0 Å². The number of H-pyrrole nitrogens is 1. The topological polar surface area (TPSA) is 88.6 Å². The van der Waals surface area contributed by atoms with E-state index in [1.807, 2.05) is 0 Å². The fraction of sp³-hybridized carbons (Fsp3) is 0.231. The Morgan fingerprint density at radius 2 is 1.79 bits per heavy atom. The zero-order valence-electron chi connectivity index (χ0n) is 10.7. The lowest BCUT2D eigenvalue weighted by molar-refractivity contribution is 0.0690. The van der Waals surface area contributed by atoms with E-state index in [2.05, 4.69) is 4.98 Å². The van der Waals surface area contributed by atoms with Gasteiger partial charge >= 0.3 is 5.97 Å². The number of fused-ring (bicyclic) bond motifs is 1. The Morgan fingerprint density at radius 3 is 2.32 bits per heavy atom. The van der Waals surface area contributed by atoms with E-state index in [1.165, 1.54) is 21.1 Å². The van der Waals surface area contributed by atoms with E-state index in [-0.39, 0.29) is 22.1 Å². The molecule has 2 N–H and O–H groups in total. The van der Waals surface area contributed by atoms with Crippen molar-refractivity contribution in [3.05, 3.63) is 33.6 Å². The van der Waals surface area contributed by atoms with Gasteiger partial charge in [-0.1, -0.05) is 0 Å². The first-order valence-corrected chi connectivity index (χ1v) is 5.52. The number of carbonyl (C=O) groups is 1. The Morgan fingerprint density at radius 1 is 1.21 bits per heavy atom. The zero-order chi connectivity index (χ0) is 14.2. The number of aromatic carboxylic acids is 1. The molecule has 1 heterocycles. The largest absolute Gasteiger partial charge is 0.496 e. The SMILES string of the molecule is COc1ccc(OC)c2c(=O)c(C)c(C(=O)O)[nH]c12. The van der Waals surface area contributed by atoms with Gasteiger partial charge in [-0.3, -0.25) is 4.79 Å². The van der Waals surface area contributed by atoms with E-state index < -0.39 is 5.97 Å². The van der Waals surface area contributed by atoms with E-state index in [0.29, 0.717) is 17.0 Å². The van der Waals surface area contributed by atoms with Gasteiger partial charge in [0.1, 0.15) is 17.2 Å². The first-order chi connectivity index (χ1) is 9.01. The summed E-state index contributed by atoms with van der Waals surface area (Å²) in [5.41, 5.74) is -0.0904. The van der Waals surface area contributed by atoms with Crippen molar-refractivity contribution in [3.63, 3.8) is 0 Å². The molecule has 0 fully saturated rings. The van der Waals surface area contributed by atoms with Crippen LogP contribution in [-0.2, 0) is 0 Å². The lowest BCUT2D eigenvalue weighted by Gasteiger charge is -2.11. The molecule has 0 aliphatic carbocycles. The van der Waals surface area contributed by atoms with E-state index >= 15 is 0 Å². The predicted molar refractivity (Wildman–Crippen MR) is 69.4 cm³/mol. The van der Waals surface area contributed by atoms with E-state index in [4.69, 9.17) is 14.6 Å². The van der Waals surface area contributed by atoms with Crippen molar-refractivity contribution in [2.24, 2.45) is 0 Å². The van der Waals surface area contributed by atoms with Crippen LogP contribution >= 0.6 is 0 Å². The first-order valence-electron chi connectivity index (χ1n) is 5.52. The first kappa shape index (κ1) is 12.9. The summed E-state index contributed by atoms with van der Waals surface area (Å²) in [5.74, 6) is -0.436. The quantitative estimate of drug-likeness (QED) is 0.877. The van der Waals surface area contributed by atoms with Crippen molar-refractivity contribution >= 4 is 16.9 Å². The monoisotopic (exact) mass is 263 g/mol. The average molecular weight is 263 g/mol. The van der Waals surface area contributed by atoms with Crippen molar-refractivity contribution in [1.29, 1.82) is 0 Å². The van der Waals surface area contributed by atoms with Crippen molar-refractivity contribution < 1.29 is 19.4 Å². The number of methoxy groups -OCH3 is 2. The van der Waals surface area contributed by atoms with Gasteiger partial charge in [0, 0.05) is 5.56 Å². The molecule has 0 aliphatic rings. The second kappa shape index (κ2) is 4.64. The number of rotatable bonds is 3. The highest BCUT2D eigenvalue weighted by Gasteiger charge is 2.18. The fourth-order valence-corrected chi connectivity index (χ4v) is 1.99. The van der Waals surface area contributed by atoms with Crippen LogP contribution < -0.4 is 14.9 Å². The lowest BCUT2D eigenvalue weighted by Crippen LogP contribution is -2.16. The third kappa shape index (κ3) is 1.91. The van der Waals surface area contributed by atoms with E-state index in [0.717, 1.165) is 0 Å². The summed E-state index contributed by atoms with van der Waals surface area (Å²) in [6, 6.07) is 3.22. The molecule has 0 saturated heterocycles. The molecule has 2 aromatic rings. The number of carboxylic acids is 1. The van der Waals surface area contributed by atoms with Crippen LogP contribution in [0, 0.1) is 6.92 Å². The Hall–Kier alpha value is -2.50. The van der Waals surface area contributed by atoms with Crippen LogP contribution in [0.1, 0.15) is 16.1 Å². The van der Waals surface area contributed by atoms with Crippen LogP contribution in [0.25, 0.3) is 10.9 Å². The molecule has 100 valence electrons. The van der Waals surface area contributed by atoms with Crippen LogP contribution in [0.4, 0.5) is 0 Å². The fourth-order valence-electron chi connectivity index (χ4n) is 1.99. The molecule has 0 unspecified atom stereocenters. The number of carboxylic acid groups (broad SMARTS) is 1. The molecule has 1 aromatic heterocycles. The standard InChI is InChI=1S/C13H13NO5/c1-6-10(13(16)17)14-11-8(19-3)5-4-7(18-2)9(11)12(6)15/h4-5H,1-3H3,(H,14,15)(H,16,17). The second-order valence-electron chi connectivity index (χ2n) is 3.98. The summed E-state index contributed by atoms with van der Waals surface area (Å²) >= 11 is 0. The summed E-state index contributed by atoms with van der Waals surface area (Å²) in [6.07, 6.45) is 0. The van der Waals surface area contributed by atoms with Crippen molar-refractivity contribution in [2.75, 3.05) is 14.2 Å². The zero-order valence-corrected chi connectivity index (χ0v) is 10.7. The van der Waals surface area contributed by atoms with Crippen LogP contribution in [0.2, 0.25) is 0 Å². The Kier molecular flexibility index (Phi) is 3.16. The predicted octanol–water partition coefficient (Wildman–Crippen LogP) is 1.55. The Bertz CT molecular complexity index is 717. The Labute approximate surface area is 108 Å². The number of nitrogens with one attached hydrogen (secondary N) is 1. The van der Waals surface area contributed by atoms with Gasteiger partial charge in [0.15, 0.2) is 5.43 Å². The normalized spacial score (nSPS) is 10.5. The third-order valence-corrected chi connectivity index (χ3v) is 2.98. The molecule has 0 radical (unpaired) electrons. The van der Waals surface area contributed by atoms with Gasteiger partial charge < -0.3 is 19.6 Å². The number of hydrogen-bond donors (Lipinski definition) is 2. The molecule has 0 amide bonds. The average Bonchev–Trinajstić information content (AvgIpc) is 2.40. The highest BCUT2D eigenvalue weighted by atomic mass is 16.5. The summed E-state index contributed by atoms with van der Waals surface area (Å²) in [4.78, 5) is 26.1. The van der Waals surface area contributed by atoms with Gasteiger partial charge in [-0.2, -0.15) is 0 Å². The summed E-state index contributed by atoms with van der Waals surface area (Å²) in [7, 11) is 2.89. The van der Waals surface area contributed by atoms with E-state index in [9.17, 15) is 9.59 Å². The maximum atomic E-state index is 12.3. The van der Waals surface area contributed by atoms with Gasteiger partial charge in [0.05, 0.1) is 25.1 Å². The second-order valence-corrected chi connectivity index (χ2v) is 3.98. The number of hydrogen-bond acceptors (Lipinski definition) is 4. The molecule has 0 saturated carbocycles. The Balaban J connectivity index is 3.02. The molecule has 19 heavy (non-hydrogen) atoms. The van der Waals surface area contributed by atoms with Crippen molar-refractivity contribution in [3.8, 4) is 11.5 Å². The molecular formula is C13H13NO5. The number of ether oxygens (including phenoxy) is 2. The third-order valence-electron chi connectivity index (χ3n) is 2.98. The molecule has 6 heteroatoms. The van der Waals surface area contributed by atoms with Crippen molar-refractivity contribution in [1.82, 2.24) is 4.98 Å². The smallest absolute Gasteiger partial charge is 0.352 e. The van der Waals surface area contributed by atoms with Gasteiger partial charge in [0.25, 0.3) is 0 Å². The van der Waals surface area contributed by atoms with Gasteiger partial charge in [0.2, 0.25) is 0 Å². The minimum atomic E-state index is -1.19.